The Bertz CT molecular complexity index is 1730. The van der Waals surface area contributed by atoms with Crippen molar-refractivity contribution in [1.29, 1.82) is 0 Å². The Morgan fingerprint density at radius 3 is 2.62 bits per heavy atom. The zero-order valence-electron chi connectivity index (χ0n) is 21.6. The maximum absolute atomic E-state index is 4.97. The molecule has 1 saturated heterocycles. The van der Waals surface area contributed by atoms with Gasteiger partial charge in [-0.1, -0.05) is 30.3 Å². The van der Waals surface area contributed by atoms with E-state index in [1.165, 1.54) is 24.8 Å². The Labute approximate surface area is 225 Å². The van der Waals surface area contributed by atoms with E-state index in [0.717, 1.165) is 82.3 Å². The summed E-state index contributed by atoms with van der Waals surface area (Å²) in [5.41, 5.74) is 7.64. The van der Waals surface area contributed by atoms with Crippen molar-refractivity contribution in [3.05, 3.63) is 84.4 Å². The van der Waals surface area contributed by atoms with Gasteiger partial charge < -0.3 is 15.2 Å². The standard InChI is InChI=1S/C30H29N9/c1-3-7-20(8-4-1)15-31-16-21-13-22(18-32-17-21)25-14-23-26(19-34-25)37-38-27(23)29-35-24-9-10-33-30(28(24)36-29)39-11-5-2-6-12-39/h1,3-4,7-10,13-14,17-19,31H,2,5-6,11-12,15-16H2,(H,35,36)(H,37,38). The summed E-state index contributed by atoms with van der Waals surface area (Å²) in [4.78, 5) is 24.6. The predicted molar refractivity (Wildman–Crippen MR) is 153 cm³/mol. The molecule has 0 atom stereocenters. The van der Waals surface area contributed by atoms with E-state index in [0.29, 0.717) is 0 Å². The number of nitrogens with zero attached hydrogens (tertiary/aromatic N) is 6. The molecule has 0 amide bonds. The van der Waals surface area contributed by atoms with E-state index in [4.69, 9.17) is 9.97 Å². The zero-order valence-corrected chi connectivity index (χ0v) is 21.6. The number of nitrogens with one attached hydrogen (secondary N) is 3. The van der Waals surface area contributed by atoms with Crippen LogP contribution in [-0.4, -0.2) is 48.2 Å². The number of anilines is 1. The van der Waals surface area contributed by atoms with Crippen molar-refractivity contribution in [2.75, 3.05) is 18.0 Å². The number of hydrogen-bond acceptors (Lipinski definition) is 7. The Morgan fingerprint density at radius 2 is 1.72 bits per heavy atom. The molecule has 39 heavy (non-hydrogen) atoms. The third kappa shape index (κ3) is 4.72. The Morgan fingerprint density at radius 1 is 0.846 bits per heavy atom. The second-order valence-corrected chi connectivity index (χ2v) is 10.0. The van der Waals surface area contributed by atoms with Crippen molar-refractivity contribution in [3.8, 4) is 22.8 Å². The molecule has 6 aromatic rings. The number of rotatable bonds is 7. The number of aromatic amines is 2. The van der Waals surface area contributed by atoms with E-state index < -0.39 is 0 Å². The summed E-state index contributed by atoms with van der Waals surface area (Å²) in [5.74, 6) is 1.66. The highest BCUT2D eigenvalue weighted by molar-refractivity contribution is 5.96. The van der Waals surface area contributed by atoms with E-state index in [9.17, 15) is 0 Å². The smallest absolute Gasteiger partial charge is 0.159 e. The predicted octanol–water partition coefficient (Wildman–Crippen LogP) is 5.24. The lowest BCUT2D eigenvalue weighted by atomic mass is 10.1. The van der Waals surface area contributed by atoms with E-state index in [1.54, 1.807) is 0 Å². The van der Waals surface area contributed by atoms with Gasteiger partial charge in [0.25, 0.3) is 0 Å². The molecule has 0 aliphatic carbocycles. The van der Waals surface area contributed by atoms with Gasteiger partial charge in [0.1, 0.15) is 11.2 Å². The van der Waals surface area contributed by atoms with Crippen LogP contribution in [0.3, 0.4) is 0 Å². The van der Waals surface area contributed by atoms with Gasteiger partial charge in [-0.2, -0.15) is 5.10 Å². The van der Waals surface area contributed by atoms with Crippen LogP contribution in [0.4, 0.5) is 5.82 Å². The quantitative estimate of drug-likeness (QED) is 0.267. The summed E-state index contributed by atoms with van der Waals surface area (Å²) in [6, 6.07) is 16.6. The highest BCUT2D eigenvalue weighted by atomic mass is 15.2. The molecular formula is C30H29N9. The molecule has 1 fully saturated rings. The molecule has 9 heteroatoms. The van der Waals surface area contributed by atoms with Gasteiger partial charge >= 0.3 is 0 Å². The van der Waals surface area contributed by atoms with Crippen molar-refractivity contribution in [1.82, 2.24) is 40.4 Å². The summed E-state index contributed by atoms with van der Waals surface area (Å²) >= 11 is 0. The summed E-state index contributed by atoms with van der Waals surface area (Å²) in [6.45, 7) is 3.56. The second kappa shape index (κ2) is 10.3. The van der Waals surface area contributed by atoms with Crippen molar-refractivity contribution >= 4 is 27.8 Å². The van der Waals surface area contributed by atoms with E-state index >= 15 is 0 Å². The minimum atomic E-state index is 0.719. The Hall–Kier alpha value is -4.63. The molecule has 9 nitrogen and oxygen atoms in total. The van der Waals surface area contributed by atoms with Crippen LogP contribution in [-0.2, 0) is 13.1 Å². The molecule has 0 spiro atoms. The molecule has 1 aliphatic heterocycles. The molecule has 0 radical (unpaired) electrons. The molecule has 0 bridgehead atoms. The van der Waals surface area contributed by atoms with E-state index in [-0.39, 0.29) is 0 Å². The van der Waals surface area contributed by atoms with Gasteiger partial charge in [-0.3, -0.25) is 15.1 Å². The second-order valence-electron chi connectivity index (χ2n) is 10.0. The third-order valence-electron chi connectivity index (χ3n) is 7.30. The van der Waals surface area contributed by atoms with Crippen molar-refractivity contribution in [3.63, 3.8) is 0 Å². The lowest BCUT2D eigenvalue weighted by Gasteiger charge is -2.27. The molecule has 7 rings (SSSR count). The van der Waals surface area contributed by atoms with Gasteiger partial charge in [0, 0.05) is 55.7 Å². The number of hydrogen-bond donors (Lipinski definition) is 3. The average molecular weight is 516 g/mol. The Kier molecular flexibility index (Phi) is 6.18. The molecule has 0 unspecified atom stereocenters. The fourth-order valence-electron chi connectivity index (χ4n) is 5.30. The summed E-state index contributed by atoms with van der Waals surface area (Å²) in [7, 11) is 0. The van der Waals surface area contributed by atoms with Gasteiger partial charge in [0.2, 0.25) is 0 Å². The highest BCUT2D eigenvalue weighted by Crippen LogP contribution is 2.31. The Balaban J connectivity index is 1.18. The van der Waals surface area contributed by atoms with Crippen molar-refractivity contribution in [2.45, 2.75) is 32.4 Å². The first-order chi connectivity index (χ1) is 19.3. The van der Waals surface area contributed by atoms with Crippen LogP contribution < -0.4 is 10.2 Å². The van der Waals surface area contributed by atoms with Gasteiger partial charge in [-0.25, -0.2) is 9.97 Å². The normalized spacial score (nSPS) is 13.9. The highest BCUT2D eigenvalue weighted by Gasteiger charge is 2.20. The molecule has 0 saturated carbocycles. The summed E-state index contributed by atoms with van der Waals surface area (Å²) in [6.07, 6.45) is 11.1. The van der Waals surface area contributed by atoms with Gasteiger partial charge in [-0.05, 0) is 48.6 Å². The van der Waals surface area contributed by atoms with E-state index in [1.807, 2.05) is 36.9 Å². The first-order valence-electron chi connectivity index (χ1n) is 13.4. The molecule has 5 aromatic heterocycles. The topological polar surface area (TPSA) is 111 Å². The van der Waals surface area contributed by atoms with Gasteiger partial charge in [0.05, 0.1) is 22.9 Å². The number of fused-ring (bicyclic) bond motifs is 2. The maximum Gasteiger partial charge on any atom is 0.159 e. The molecular weight excluding hydrogens is 486 g/mol. The number of piperidine rings is 1. The largest absolute Gasteiger partial charge is 0.355 e. The van der Waals surface area contributed by atoms with Gasteiger partial charge in [-0.15, -0.1) is 0 Å². The van der Waals surface area contributed by atoms with Crippen LogP contribution >= 0.6 is 0 Å². The number of H-pyrrole nitrogens is 2. The molecule has 3 N–H and O–H groups in total. The van der Waals surface area contributed by atoms with Crippen LogP contribution in [0.25, 0.3) is 44.7 Å². The fraction of sp³-hybridized carbons (Fsp3) is 0.233. The minimum absolute atomic E-state index is 0.719. The van der Waals surface area contributed by atoms with Crippen molar-refractivity contribution < 1.29 is 0 Å². The molecule has 6 heterocycles. The minimum Gasteiger partial charge on any atom is -0.355 e. The summed E-state index contributed by atoms with van der Waals surface area (Å²) < 4.78 is 0. The van der Waals surface area contributed by atoms with Crippen LogP contribution in [0.5, 0.6) is 0 Å². The first-order valence-corrected chi connectivity index (χ1v) is 13.4. The lowest BCUT2D eigenvalue weighted by molar-refractivity contribution is 0.574. The average Bonchev–Trinajstić information content (AvgIpc) is 3.62. The van der Waals surface area contributed by atoms with Crippen LogP contribution in [0.1, 0.15) is 30.4 Å². The number of aromatic nitrogens is 7. The van der Waals surface area contributed by atoms with E-state index in [2.05, 4.69) is 71.8 Å². The first kappa shape index (κ1) is 23.5. The van der Waals surface area contributed by atoms with Gasteiger partial charge in [0.15, 0.2) is 11.6 Å². The maximum atomic E-state index is 4.97. The van der Waals surface area contributed by atoms with Crippen LogP contribution in [0, 0.1) is 0 Å². The molecule has 194 valence electrons. The zero-order chi connectivity index (χ0) is 26.0. The van der Waals surface area contributed by atoms with Crippen LogP contribution in [0.15, 0.2) is 73.3 Å². The fourth-order valence-corrected chi connectivity index (χ4v) is 5.30. The lowest BCUT2D eigenvalue weighted by Crippen LogP contribution is -2.30. The monoisotopic (exact) mass is 515 g/mol. The number of imidazole rings is 1. The number of pyridine rings is 3. The van der Waals surface area contributed by atoms with Crippen LogP contribution in [0.2, 0.25) is 0 Å². The molecule has 1 aliphatic rings. The van der Waals surface area contributed by atoms with Crippen molar-refractivity contribution in [2.24, 2.45) is 0 Å². The summed E-state index contributed by atoms with van der Waals surface area (Å²) in [5, 5.41) is 12.2. The SMILES string of the molecule is c1ccc(CNCc2cncc(-c3cc4c(-c5nc6c(N7CCCCC7)nccc6[nH]5)n[nH]c4cn3)c2)cc1. The number of benzene rings is 1. The third-order valence-corrected chi connectivity index (χ3v) is 7.30. The molecule has 1 aromatic carbocycles.